The summed E-state index contributed by atoms with van der Waals surface area (Å²) in [5.41, 5.74) is 0. The van der Waals surface area contributed by atoms with Crippen LogP contribution in [0.2, 0.25) is 0 Å². The van der Waals surface area contributed by atoms with Crippen LogP contribution in [0, 0.1) is 0 Å². The molecule has 0 aliphatic carbocycles. The first-order valence-electron chi connectivity index (χ1n) is 7.43. The van der Waals surface area contributed by atoms with Gasteiger partial charge in [-0.2, -0.15) is 4.31 Å². The third-order valence-electron chi connectivity index (χ3n) is 4.20. The Balaban J connectivity index is 1.97. The van der Waals surface area contributed by atoms with E-state index in [9.17, 15) is 8.42 Å². The highest BCUT2D eigenvalue weighted by Crippen LogP contribution is 2.35. The van der Waals surface area contributed by atoms with Gasteiger partial charge in [0, 0.05) is 18.2 Å². The molecule has 2 atom stereocenters. The Kier molecular flexibility index (Phi) is 3.84. The number of benzene rings is 1. The van der Waals surface area contributed by atoms with Crippen LogP contribution in [0.25, 0.3) is 0 Å². The van der Waals surface area contributed by atoms with Crippen LogP contribution in [0.4, 0.5) is 0 Å². The van der Waals surface area contributed by atoms with Gasteiger partial charge in [0.15, 0.2) is 11.5 Å². The van der Waals surface area contributed by atoms with Gasteiger partial charge >= 0.3 is 0 Å². The van der Waals surface area contributed by atoms with Crippen LogP contribution >= 0.6 is 0 Å². The summed E-state index contributed by atoms with van der Waals surface area (Å²) in [6, 6.07) is 4.94. The largest absolute Gasteiger partial charge is 0.486 e. The summed E-state index contributed by atoms with van der Waals surface area (Å²) in [4.78, 5) is 0.285. The molecule has 1 aromatic carbocycles. The van der Waals surface area contributed by atoms with Gasteiger partial charge in [0.05, 0.1) is 4.90 Å². The maximum Gasteiger partial charge on any atom is 0.243 e. The molecule has 0 amide bonds. The van der Waals surface area contributed by atoms with Gasteiger partial charge in [0.1, 0.15) is 13.2 Å². The number of piperidine rings is 1. The number of ether oxygens (including phenoxy) is 2. The lowest BCUT2D eigenvalue weighted by Crippen LogP contribution is -2.47. The standard InChI is InChI=1S/C15H21NO4S/c1-11-4-3-5-12(2)16(11)21(17,18)13-6-7-14-15(10-13)20-9-8-19-14/h6-7,10-12H,3-5,8-9H2,1-2H3/t11-,12+. The van der Waals surface area contributed by atoms with Crippen molar-refractivity contribution < 1.29 is 17.9 Å². The Morgan fingerprint density at radius 2 is 1.67 bits per heavy atom. The molecule has 0 N–H and O–H groups in total. The topological polar surface area (TPSA) is 55.8 Å². The molecule has 2 aliphatic rings. The molecule has 0 unspecified atom stereocenters. The zero-order valence-electron chi connectivity index (χ0n) is 12.4. The van der Waals surface area contributed by atoms with Crippen molar-refractivity contribution in [3.8, 4) is 11.5 Å². The van der Waals surface area contributed by atoms with Crippen LogP contribution in [0.1, 0.15) is 33.1 Å². The van der Waals surface area contributed by atoms with Crippen molar-refractivity contribution in [2.45, 2.75) is 50.1 Å². The van der Waals surface area contributed by atoms with Gasteiger partial charge in [-0.25, -0.2) is 8.42 Å². The first-order chi connectivity index (χ1) is 10.00. The van der Waals surface area contributed by atoms with E-state index in [1.165, 1.54) is 0 Å². The number of fused-ring (bicyclic) bond motifs is 1. The van der Waals surface area contributed by atoms with Crippen molar-refractivity contribution >= 4 is 10.0 Å². The van der Waals surface area contributed by atoms with Gasteiger partial charge in [-0.1, -0.05) is 6.42 Å². The molecule has 116 valence electrons. The highest BCUT2D eigenvalue weighted by molar-refractivity contribution is 7.89. The molecule has 21 heavy (non-hydrogen) atoms. The molecule has 1 fully saturated rings. The summed E-state index contributed by atoms with van der Waals surface area (Å²) in [7, 11) is -3.50. The molecular weight excluding hydrogens is 290 g/mol. The second-order valence-electron chi connectivity index (χ2n) is 5.77. The average Bonchev–Trinajstić information content (AvgIpc) is 2.46. The minimum atomic E-state index is -3.50. The van der Waals surface area contributed by atoms with Gasteiger partial charge in [-0.15, -0.1) is 0 Å². The molecule has 3 rings (SSSR count). The third kappa shape index (κ3) is 2.62. The van der Waals surface area contributed by atoms with Crippen molar-refractivity contribution in [2.75, 3.05) is 13.2 Å². The monoisotopic (exact) mass is 311 g/mol. The zero-order chi connectivity index (χ0) is 15.0. The number of hydrogen-bond donors (Lipinski definition) is 0. The summed E-state index contributed by atoms with van der Waals surface area (Å²) in [6.45, 7) is 4.91. The highest BCUT2D eigenvalue weighted by Gasteiger charge is 2.36. The van der Waals surface area contributed by atoms with Crippen molar-refractivity contribution in [3.63, 3.8) is 0 Å². The lowest BCUT2D eigenvalue weighted by Gasteiger charge is -2.37. The van der Waals surface area contributed by atoms with Crippen molar-refractivity contribution in [1.82, 2.24) is 4.31 Å². The van der Waals surface area contributed by atoms with E-state index in [1.54, 1.807) is 22.5 Å². The maximum atomic E-state index is 12.9. The van der Waals surface area contributed by atoms with Crippen LogP contribution in [-0.2, 0) is 10.0 Å². The molecule has 1 aromatic rings. The number of nitrogens with zero attached hydrogens (tertiary/aromatic N) is 1. The average molecular weight is 311 g/mol. The van der Waals surface area contributed by atoms with Gasteiger partial charge in [0.2, 0.25) is 10.0 Å². The molecule has 5 nitrogen and oxygen atoms in total. The van der Waals surface area contributed by atoms with Crippen LogP contribution in [0.3, 0.4) is 0 Å². The quantitative estimate of drug-likeness (QED) is 0.841. The molecule has 0 spiro atoms. The van der Waals surface area contributed by atoms with Crippen LogP contribution in [-0.4, -0.2) is 38.0 Å². The maximum absolute atomic E-state index is 12.9. The molecule has 2 aliphatic heterocycles. The fourth-order valence-corrected chi connectivity index (χ4v) is 5.08. The number of hydrogen-bond acceptors (Lipinski definition) is 4. The Bertz CT molecular complexity index is 619. The van der Waals surface area contributed by atoms with Gasteiger partial charge in [-0.05, 0) is 38.8 Å². The molecule has 6 heteroatoms. The lowest BCUT2D eigenvalue weighted by molar-refractivity contribution is 0.170. The van der Waals surface area contributed by atoms with Gasteiger partial charge in [0.25, 0.3) is 0 Å². The normalized spacial score (nSPS) is 26.6. The van der Waals surface area contributed by atoms with E-state index in [2.05, 4.69) is 0 Å². The van der Waals surface area contributed by atoms with E-state index in [-0.39, 0.29) is 17.0 Å². The third-order valence-corrected chi connectivity index (χ3v) is 6.33. The second kappa shape index (κ2) is 5.50. The Morgan fingerprint density at radius 1 is 1.05 bits per heavy atom. The second-order valence-corrected chi connectivity index (χ2v) is 7.61. The first kappa shape index (κ1) is 14.7. The molecular formula is C15H21NO4S. The van der Waals surface area contributed by atoms with Crippen molar-refractivity contribution in [2.24, 2.45) is 0 Å². The smallest absolute Gasteiger partial charge is 0.243 e. The SMILES string of the molecule is C[C@@H]1CCC[C@H](C)N1S(=O)(=O)c1ccc2c(c1)OCCO2. The minimum Gasteiger partial charge on any atom is -0.486 e. The Hall–Kier alpha value is -1.27. The van der Waals surface area contributed by atoms with Crippen molar-refractivity contribution in [3.05, 3.63) is 18.2 Å². The lowest BCUT2D eigenvalue weighted by atomic mass is 10.0. The predicted octanol–water partition coefficient (Wildman–Crippen LogP) is 2.41. The summed E-state index contributed by atoms with van der Waals surface area (Å²) >= 11 is 0. The summed E-state index contributed by atoms with van der Waals surface area (Å²) in [6.07, 6.45) is 2.90. The van der Waals surface area contributed by atoms with Gasteiger partial charge < -0.3 is 9.47 Å². The molecule has 2 heterocycles. The molecule has 0 saturated carbocycles. The summed E-state index contributed by atoms with van der Waals surface area (Å²) in [5.74, 6) is 1.12. The van der Waals surface area contributed by atoms with E-state index in [0.29, 0.717) is 24.7 Å². The van der Waals surface area contributed by atoms with E-state index in [0.717, 1.165) is 19.3 Å². The first-order valence-corrected chi connectivity index (χ1v) is 8.87. The number of sulfonamides is 1. The highest BCUT2D eigenvalue weighted by atomic mass is 32.2. The zero-order valence-corrected chi connectivity index (χ0v) is 13.2. The molecule has 0 bridgehead atoms. The van der Waals surface area contributed by atoms with Crippen molar-refractivity contribution in [1.29, 1.82) is 0 Å². The fraction of sp³-hybridized carbons (Fsp3) is 0.600. The van der Waals surface area contributed by atoms with Crippen LogP contribution in [0.5, 0.6) is 11.5 Å². The Labute approximate surface area is 125 Å². The van der Waals surface area contributed by atoms with Crippen LogP contribution < -0.4 is 9.47 Å². The predicted molar refractivity (Wildman–Crippen MR) is 79.2 cm³/mol. The summed E-state index contributed by atoms with van der Waals surface area (Å²) in [5, 5.41) is 0. The minimum absolute atomic E-state index is 0.0342. The Morgan fingerprint density at radius 3 is 2.33 bits per heavy atom. The number of rotatable bonds is 2. The summed E-state index contributed by atoms with van der Waals surface area (Å²) < 4.78 is 38.4. The van der Waals surface area contributed by atoms with Crippen LogP contribution in [0.15, 0.2) is 23.1 Å². The fourth-order valence-electron chi connectivity index (χ4n) is 3.18. The van der Waals surface area contributed by atoms with Gasteiger partial charge in [-0.3, -0.25) is 0 Å². The van der Waals surface area contributed by atoms with E-state index in [4.69, 9.17) is 9.47 Å². The van der Waals surface area contributed by atoms with E-state index in [1.807, 2.05) is 13.8 Å². The molecule has 0 aromatic heterocycles. The molecule has 0 radical (unpaired) electrons. The van der Waals surface area contributed by atoms with E-state index < -0.39 is 10.0 Å². The molecule has 1 saturated heterocycles. The van der Waals surface area contributed by atoms with E-state index >= 15 is 0 Å².